The molecule has 0 saturated heterocycles. The lowest BCUT2D eigenvalue weighted by Gasteiger charge is -2.25. The SMILES string of the molecule is CC(CO)N(C)c1ccc(C(=O)O)cc1[N+](=O)[O-]. The number of aromatic carboxylic acids is 1. The van der Waals surface area contributed by atoms with Crippen molar-refractivity contribution in [3.8, 4) is 0 Å². The zero-order valence-electron chi connectivity index (χ0n) is 10.0. The number of carbonyl (C=O) groups is 1. The lowest BCUT2D eigenvalue weighted by molar-refractivity contribution is -0.384. The van der Waals surface area contributed by atoms with Gasteiger partial charge in [-0.3, -0.25) is 10.1 Å². The van der Waals surface area contributed by atoms with Crippen LogP contribution in [-0.2, 0) is 0 Å². The molecule has 0 aliphatic rings. The van der Waals surface area contributed by atoms with E-state index in [1.807, 2.05) is 0 Å². The maximum Gasteiger partial charge on any atom is 0.335 e. The molecule has 0 aliphatic heterocycles. The van der Waals surface area contributed by atoms with E-state index in [1.165, 1.54) is 17.0 Å². The molecule has 18 heavy (non-hydrogen) atoms. The van der Waals surface area contributed by atoms with Gasteiger partial charge in [-0.25, -0.2) is 4.79 Å². The van der Waals surface area contributed by atoms with Crippen LogP contribution < -0.4 is 4.90 Å². The van der Waals surface area contributed by atoms with E-state index in [0.717, 1.165) is 6.07 Å². The van der Waals surface area contributed by atoms with E-state index in [2.05, 4.69) is 0 Å². The van der Waals surface area contributed by atoms with Crippen LogP contribution in [0, 0.1) is 10.1 Å². The predicted octanol–water partition coefficient (Wildman–Crippen LogP) is 1.11. The van der Waals surface area contributed by atoms with Gasteiger partial charge in [0.25, 0.3) is 5.69 Å². The van der Waals surface area contributed by atoms with Gasteiger partial charge in [0.15, 0.2) is 0 Å². The second-order valence-corrected chi connectivity index (χ2v) is 3.91. The lowest BCUT2D eigenvalue weighted by Crippen LogP contribution is -2.32. The van der Waals surface area contributed by atoms with Crippen LogP contribution >= 0.6 is 0 Å². The summed E-state index contributed by atoms with van der Waals surface area (Å²) in [5.41, 5.74) is -0.167. The van der Waals surface area contributed by atoms with Gasteiger partial charge in [0.05, 0.1) is 17.1 Å². The van der Waals surface area contributed by atoms with E-state index in [0.29, 0.717) is 0 Å². The summed E-state index contributed by atoms with van der Waals surface area (Å²) < 4.78 is 0. The normalized spacial score (nSPS) is 11.9. The Hall–Kier alpha value is -2.15. The Morgan fingerprint density at radius 2 is 2.17 bits per heavy atom. The molecule has 0 bridgehead atoms. The number of rotatable bonds is 5. The molecule has 1 aromatic carbocycles. The first-order valence-electron chi connectivity index (χ1n) is 5.24. The van der Waals surface area contributed by atoms with Crippen LogP contribution in [0.25, 0.3) is 0 Å². The van der Waals surface area contributed by atoms with Crippen LogP contribution in [0.1, 0.15) is 17.3 Å². The molecule has 98 valence electrons. The number of hydrogen-bond acceptors (Lipinski definition) is 5. The van der Waals surface area contributed by atoms with Crippen molar-refractivity contribution in [3.05, 3.63) is 33.9 Å². The zero-order valence-corrected chi connectivity index (χ0v) is 10.0. The van der Waals surface area contributed by atoms with Crippen molar-refractivity contribution in [2.75, 3.05) is 18.6 Å². The van der Waals surface area contributed by atoms with Gasteiger partial charge in [0.1, 0.15) is 5.69 Å². The fourth-order valence-corrected chi connectivity index (χ4v) is 1.46. The highest BCUT2D eigenvalue weighted by atomic mass is 16.6. The highest BCUT2D eigenvalue weighted by molar-refractivity contribution is 5.89. The molecule has 1 atom stereocenters. The second kappa shape index (κ2) is 5.46. The Labute approximate surface area is 103 Å². The number of nitro benzene ring substituents is 1. The van der Waals surface area contributed by atoms with Crippen LogP contribution in [0.15, 0.2) is 18.2 Å². The Morgan fingerprint density at radius 3 is 2.61 bits per heavy atom. The van der Waals surface area contributed by atoms with Gasteiger partial charge >= 0.3 is 5.97 Å². The van der Waals surface area contributed by atoms with E-state index in [1.54, 1.807) is 14.0 Å². The van der Waals surface area contributed by atoms with Crippen LogP contribution in [-0.4, -0.2) is 40.8 Å². The molecule has 1 unspecified atom stereocenters. The number of carboxylic acids is 1. The average molecular weight is 254 g/mol. The molecule has 0 spiro atoms. The predicted molar refractivity (Wildman–Crippen MR) is 65.0 cm³/mol. The maximum absolute atomic E-state index is 10.9. The summed E-state index contributed by atoms with van der Waals surface area (Å²) in [4.78, 5) is 22.6. The molecule has 7 nitrogen and oxygen atoms in total. The van der Waals surface area contributed by atoms with Crippen molar-refractivity contribution in [1.29, 1.82) is 0 Å². The molecular formula is C11H14N2O5. The first kappa shape index (κ1) is 13.9. The number of hydrogen-bond donors (Lipinski definition) is 2. The highest BCUT2D eigenvalue weighted by Gasteiger charge is 2.22. The highest BCUT2D eigenvalue weighted by Crippen LogP contribution is 2.29. The molecule has 0 aliphatic carbocycles. The summed E-state index contributed by atoms with van der Waals surface area (Å²) in [6.45, 7) is 1.54. The molecule has 1 aromatic rings. The zero-order chi connectivity index (χ0) is 13.9. The summed E-state index contributed by atoms with van der Waals surface area (Å²) in [5.74, 6) is -1.22. The number of likely N-dealkylation sites (N-methyl/N-ethyl adjacent to an activating group) is 1. The van der Waals surface area contributed by atoms with Crippen molar-refractivity contribution in [2.24, 2.45) is 0 Å². The molecule has 0 saturated carbocycles. The number of benzene rings is 1. The minimum atomic E-state index is -1.22. The molecule has 0 fully saturated rings. The molecular weight excluding hydrogens is 240 g/mol. The van der Waals surface area contributed by atoms with Gasteiger partial charge < -0.3 is 15.1 Å². The summed E-state index contributed by atoms with van der Waals surface area (Å²) >= 11 is 0. The molecule has 0 radical (unpaired) electrons. The third kappa shape index (κ3) is 2.75. The molecule has 1 rings (SSSR count). The van der Waals surface area contributed by atoms with Crippen molar-refractivity contribution in [1.82, 2.24) is 0 Å². The minimum Gasteiger partial charge on any atom is -0.478 e. The number of anilines is 1. The Balaban J connectivity index is 3.27. The van der Waals surface area contributed by atoms with E-state index >= 15 is 0 Å². The van der Waals surface area contributed by atoms with Gasteiger partial charge in [-0.05, 0) is 19.1 Å². The minimum absolute atomic E-state index is 0.143. The standard InChI is InChI=1S/C11H14N2O5/c1-7(6-14)12(2)9-4-3-8(11(15)16)5-10(9)13(17)18/h3-5,7,14H,6H2,1-2H3,(H,15,16). The van der Waals surface area contributed by atoms with Gasteiger partial charge in [0.2, 0.25) is 0 Å². The Kier molecular flexibility index (Phi) is 4.22. The first-order chi connectivity index (χ1) is 8.38. The van der Waals surface area contributed by atoms with Gasteiger partial charge in [-0.2, -0.15) is 0 Å². The fraction of sp³-hybridized carbons (Fsp3) is 0.364. The number of carboxylic acid groups (broad SMARTS) is 1. The fourth-order valence-electron chi connectivity index (χ4n) is 1.46. The Morgan fingerprint density at radius 1 is 1.56 bits per heavy atom. The quantitative estimate of drug-likeness (QED) is 0.602. The van der Waals surface area contributed by atoms with Crippen LogP contribution in [0.5, 0.6) is 0 Å². The van der Waals surface area contributed by atoms with Crippen LogP contribution in [0.3, 0.4) is 0 Å². The van der Waals surface area contributed by atoms with Crippen molar-refractivity contribution in [2.45, 2.75) is 13.0 Å². The number of nitrogens with zero attached hydrogens (tertiary/aromatic N) is 2. The number of aliphatic hydroxyl groups excluding tert-OH is 1. The smallest absolute Gasteiger partial charge is 0.335 e. The second-order valence-electron chi connectivity index (χ2n) is 3.91. The van der Waals surface area contributed by atoms with E-state index in [4.69, 9.17) is 10.2 Å². The topological polar surface area (TPSA) is 104 Å². The van der Waals surface area contributed by atoms with Crippen molar-refractivity contribution >= 4 is 17.3 Å². The Bertz CT molecular complexity index is 475. The maximum atomic E-state index is 10.9. The van der Waals surface area contributed by atoms with Crippen molar-refractivity contribution < 1.29 is 19.9 Å². The van der Waals surface area contributed by atoms with Gasteiger partial charge in [-0.1, -0.05) is 0 Å². The molecule has 0 aromatic heterocycles. The van der Waals surface area contributed by atoms with Crippen LogP contribution in [0.2, 0.25) is 0 Å². The van der Waals surface area contributed by atoms with E-state index in [-0.39, 0.29) is 29.6 Å². The average Bonchev–Trinajstić information content (AvgIpc) is 2.35. The monoisotopic (exact) mass is 254 g/mol. The molecule has 0 amide bonds. The third-order valence-corrected chi connectivity index (χ3v) is 2.72. The third-order valence-electron chi connectivity index (χ3n) is 2.72. The number of aliphatic hydroxyl groups is 1. The summed E-state index contributed by atoms with van der Waals surface area (Å²) in [5, 5.41) is 28.8. The van der Waals surface area contributed by atoms with E-state index in [9.17, 15) is 14.9 Å². The number of nitro groups is 1. The summed E-state index contributed by atoms with van der Waals surface area (Å²) in [6, 6.07) is 3.37. The molecule has 2 N–H and O–H groups in total. The van der Waals surface area contributed by atoms with Crippen LogP contribution in [0.4, 0.5) is 11.4 Å². The molecule has 7 heteroatoms. The lowest BCUT2D eigenvalue weighted by atomic mass is 10.1. The molecule has 0 heterocycles. The van der Waals surface area contributed by atoms with E-state index < -0.39 is 10.9 Å². The first-order valence-corrected chi connectivity index (χ1v) is 5.24. The largest absolute Gasteiger partial charge is 0.478 e. The van der Waals surface area contributed by atoms with Gasteiger partial charge in [0, 0.05) is 19.2 Å². The van der Waals surface area contributed by atoms with Gasteiger partial charge in [-0.15, -0.1) is 0 Å². The van der Waals surface area contributed by atoms with Crippen molar-refractivity contribution in [3.63, 3.8) is 0 Å². The summed E-state index contributed by atoms with van der Waals surface area (Å²) in [7, 11) is 1.60. The summed E-state index contributed by atoms with van der Waals surface area (Å²) in [6.07, 6.45) is 0.